The first-order valence-corrected chi connectivity index (χ1v) is 5.56. The first kappa shape index (κ1) is 14.5. The number of rotatable bonds is 5. The lowest BCUT2D eigenvalue weighted by molar-refractivity contribution is -0.384. The van der Waals surface area contributed by atoms with Gasteiger partial charge in [-0.3, -0.25) is 10.1 Å². The summed E-state index contributed by atoms with van der Waals surface area (Å²) >= 11 is 4.28. The molecule has 18 heavy (non-hydrogen) atoms. The van der Waals surface area contributed by atoms with Crippen LogP contribution in [0, 0.1) is 10.1 Å². The van der Waals surface area contributed by atoms with Crippen molar-refractivity contribution in [2.45, 2.75) is 11.4 Å². The molecule has 0 bridgehead atoms. The second-order valence-electron chi connectivity index (χ2n) is 3.47. The Morgan fingerprint density at radius 3 is 2.28 bits per heavy atom. The van der Waals surface area contributed by atoms with Gasteiger partial charge in [-0.15, -0.1) is 0 Å². The van der Waals surface area contributed by atoms with Crippen molar-refractivity contribution in [2.75, 3.05) is 14.2 Å². The molecular formula is C11H13NO5S. The van der Waals surface area contributed by atoms with Gasteiger partial charge in [0, 0.05) is 19.2 Å². The first-order chi connectivity index (χ1) is 8.51. The summed E-state index contributed by atoms with van der Waals surface area (Å²) in [6, 6.07) is 5.76. The fourth-order valence-corrected chi connectivity index (χ4v) is 1.85. The largest absolute Gasteiger partial charge is 0.467 e. The fourth-order valence-electron chi connectivity index (χ4n) is 1.44. The van der Waals surface area contributed by atoms with Crippen LogP contribution in [0.3, 0.4) is 0 Å². The highest BCUT2D eigenvalue weighted by atomic mass is 32.1. The Morgan fingerprint density at radius 1 is 1.33 bits per heavy atom. The topological polar surface area (TPSA) is 78.7 Å². The smallest absolute Gasteiger partial charge is 0.336 e. The third kappa shape index (κ3) is 3.21. The van der Waals surface area contributed by atoms with E-state index in [4.69, 9.17) is 4.74 Å². The molecule has 0 fully saturated rings. The number of nitrogens with zero attached hydrogens (tertiary/aromatic N) is 1. The van der Waals surface area contributed by atoms with Crippen molar-refractivity contribution in [3.05, 3.63) is 39.9 Å². The van der Waals surface area contributed by atoms with Crippen molar-refractivity contribution < 1.29 is 19.2 Å². The van der Waals surface area contributed by atoms with Crippen LogP contribution in [0.5, 0.6) is 0 Å². The molecule has 98 valence electrons. The molecule has 0 radical (unpaired) electrons. The summed E-state index contributed by atoms with van der Waals surface area (Å²) in [5, 5.41) is 9.96. The number of hydrogen-bond donors (Lipinski definition) is 1. The number of hydrogen-bond acceptors (Lipinski definition) is 6. The number of nitro benzene ring substituents is 1. The van der Waals surface area contributed by atoms with E-state index in [2.05, 4.69) is 17.4 Å². The van der Waals surface area contributed by atoms with Gasteiger partial charge in [-0.05, 0) is 5.56 Å². The summed E-state index contributed by atoms with van der Waals surface area (Å²) < 4.78 is 9.60. The zero-order valence-electron chi connectivity index (χ0n) is 9.90. The Morgan fingerprint density at radius 2 is 1.89 bits per heavy atom. The maximum atomic E-state index is 11.4. The molecule has 1 aromatic carbocycles. The highest BCUT2D eigenvalue weighted by Gasteiger charge is 2.28. The third-order valence-corrected chi connectivity index (χ3v) is 2.99. The number of methoxy groups -OCH3 is 2. The van der Waals surface area contributed by atoms with Crippen LogP contribution in [-0.2, 0) is 14.3 Å². The molecular weight excluding hydrogens is 258 g/mol. The van der Waals surface area contributed by atoms with Crippen molar-refractivity contribution >= 4 is 24.3 Å². The Kier molecular flexibility index (Phi) is 5.11. The van der Waals surface area contributed by atoms with Gasteiger partial charge in [-0.1, -0.05) is 12.1 Å². The van der Waals surface area contributed by atoms with Gasteiger partial charge < -0.3 is 9.47 Å². The average molecular weight is 271 g/mol. The van der Waals surface area contributed by atoms with Crippen LogP contribution in [0.2, 0.25) is 0 Å². The van der Waals surface area contributed by atoms with Crippen LogP contribution in [-0.4, -0.2) is 31.2 Å². The highest BCUT2D eigenvalue weighted by Crippen LogP contribution is 2.27. The fraction of sp³-hybridized carbons (Fsp3) is 0.364. The molecule has 0 saturated carbocycles. The molecule has 1 aromatic rings. The molecule has 7 heteroatoms. The predicted molar refractivity (Wildman–Crippen MR) is 67.6 cm³/mol. The Balaban J connectivity index is 2.91. The minimum absolute atomic E-state index is 0.0219. The molecule has 0 aliphatic rings. The molecule has 0 aliphatic carbocycles. The number of non-ortho nitro benzene ring substituents is 1. The third-order valence-electron chi connectivity index (χ3n) is 2.42. The predicted octanol–water partition coefficient (Wildman–Crippen LogP) is 1.75. The van der Waals surface area contributed by atoms with E-state index in [1.165, 1.54) is 38.5 Å². The van der Waals surface area contributed by atoms with Crippen LogP contribution in [0.4, 0.5) is 5.69 Å². The van der Waals surface area contributed by atoms with E-state index < -0.39 is 22.2 Å². The summed E-state index contributed by atoms with van der Waals surface area (Å²) in [5.74, 6) is -0.546. The van der Waals surface area contributed by atoms with Crippen molar-refractivity contribution in [1.82, 2.24) is 0 Å². The van der Waals surface area contributed by atoms with E-state index >= 15 is 0 Å². The van der Waals surface area contributed by atoms with E-state index in [-0.39, 0.29) is 5.69 Å². The SMILES string of the molecule is COC(=O)C(OC)C(S)c1ccc([N+](=O)[O-])cc1. The van der Waals surface area contributed by atoms with Gasteiger partial charge in [-0.2, -0.15) is 12.6 Å². The minimum atomic E-state index is -0.861. The van der Waals surface area contributed by atoms with Crippen molar-refractivity contribution in [3.8, 4) is 0 Å². The minimum Gasteiger partial charge on any atom is -0.467 e. The molecule has 0 spiro atoms. The summed E-state index contributed by atoms with van der Waals surface area (Å²) in [6.45, 7) is 0. The van der Waals surface area contributed by atoms with Crippen molar-refractivity contribution in [3.63, 3.8) is 0 Å². The first-order valence-electron chi connectivity index (χ1n) is 5.04. The van der Waals surface area contributed by atoms with Gasteiger partial charge in [0.15, 0.2) is 6.10 Å². The van der Waals surface area contributed by atoms with Crippen LogP contribution in [0.25, 0.3) is 0 Å². The number of ether oxygens (including phenoxy) is 2. The lowest BCUT2D eigenvalue weighted by Gasteiger charge is -2.19. The molecule has 0 aliphatic heterocycles. The maximum absolute atomic E-state index is 11.4. The second kappa shape index (κ2) is 6.36. The second-order valence-corrected chi connectivity index (χ2v) is 4.03. The van der Waals surface area contributed by atoms with E-state index in [9.17, 15) is 14.9 Å². The Hall–Kier alpha value is -1.60. The molecule has 0 heterocycles. The van der Waals surface area contributed by atoms with Crippen molar-refractivity contribution in [1.29, 1.82) is 0 Å². The highest BCUT2D eigenvalue weighted by molar-refractivity contribution is 7.80. The molecule has 2 atom stereocenters. The van der Waals surface area contributed by atoms with E-state index in [0.29, 0.717) is 5.56 Å². The molecule has 1 rings (SSSR count). The average Bonchev–Trinajstić information content (AvgIpc) is 2.39. The number of nitro groups is 1. The van der Waals surface area contributed by atoms with Crippen LogP contribution < -0.4 is 0 Å². The summed E-state index contributed by atoms with van der Waals surface area (Å²) in [6.07, 6.45) is -0.861. The van der Waals surface area contributed by atoms with Crippen LogP contribution >= 0.6 is 12.6 Å². The number of esters is 1. The Labute approximate surface area is 109 Å². The molecule has 6 nitrogen and oxygen atoms in total. The zero-order chi connectivity index (χ0) is 13.7. The molecule has 2 unspecified atom stereocenters. The number of carbonyl (C=O) groups excluding carboxylic acids is 1. The van der Waals surface area contributed by atoms with Gasteiger partial charge in [0.05, 0.1) is 17.3 Å². The van der Waals surface area contributed by atoms with Gasteiger partial charge in [-0.25, -0.2) is 4.79 Å². The van der Waals surface area contributed by atoms with Gasteiger partial charge in [0.2, 0.25) is 0 Å². The molecule has 0 saturated heterocycles. The van der Waals surface area contributed by atoms with Gasteiger partial charge >= 0.3 is 5.97 Å². The summed E-state index contributed by atoms with van der Waals surface area (Å²) in [4.78, 5) is 21.4. The quantitative estimate of drug-likeness (QED) is 0.382. The van der Waals surface area contributed by atoms with Crippen molar-refractivity contribution in [2.24, 2.45) is 0 Å². The van der Waals surface area contributed by atoms with Gasteiger partial charge in [0.25, 0.3) is 5.69 Å². The molecule has 0 amide bonds. The number of carbonyl (C=O) groups is 1. The van der Waals surface area contributed by atoms with Crippen LogP contribution in [0.15, 0.2) is 24.3 Å². The number of thiol groups is 1. The lowest BCUT2D eigenvalue weighted by Crippen LogP contribution is -2.28. The normalized spacial score (nSPS) is 13.7. The lowest BCUT2D eigenvalue weighted by atomic mass is 10.1. The Bertz CT molecular complexity index is 434. The zero-order valence-corrected chi connectivity index (χ0v) is 10.8. The van der Waals surface area contributed by atoms with Gasteiger partial charge in [0.1, 0.15) is 0 Å². The maximum Gasteiger partial charge on any atom is 0.336 e. The summed E-state index contributed by atoms with van der Waals surface area (Å²) in [5.41, 5.74) is 0.618. The summed E-state index contributed by atoms with van der Waals surface area (Å²) in [7, 11) is 2.63. The molecule has 0 N–H and O–H groups in total. The number of benzene rings is 1. The van der Waals surface area contributed by atoms with E-state index in [1.54, 1.807) is 0 Å². The monoisotopic (exact) mass is 271 g/mol. The van der Waals surface area contributed by atoms with E-state index in [1.807, 2.05) is 0 Å². The van der Waals surface area contributed by atoms with E-state index in [0.717, 1.165) is 0 Å². The van der Waals surface area contributed by atoms with Crippen LogP contribution in [0.1, 0.15) is 10.8 Å². The molecule has 0 aromatic heterocycles. The standard InChI is InChI=1S/C11H13NO5S/c1-16-9(11(13)17-2)10(18)7-3-5-8(6-4-7)12(14)15/h3-6,9-10,18H,1-2H3.